The van der Waals surface area contributed by atoms with Gasteiger partial charge in [-0.15, -0.1) is 0 Å². The number of phenolic OH excluding ortho intramolecular Hbond substituents is 1. The minimum Gasteiger partial charge on any atom is -0.508 e. The van der Waals surface area contributed by atoms with Gasteiger partial charge in [0, 0.05) is 0 Å². The molecule has 0 spiro atoms. The van der Waals surface area contributed by atoms with Gasteiger partial charge in [-0.3, -0.25) is 4.79 Å². The molecule has 0 radical (unpaired) electrons. The van der Waals surface area contributed by atoms with Crippen LogP contribution < -0.4 is 0 Å². The molecule has 0 amide bonds. The molecule has 2 N–H and O–H groups in total. The lowest BCUT2D eigenvalue weighted by Gasteiger charge is -2.10. The molecule has 3 aromatic carbocycles. The van der Waals surface area contributed by atoms with Crippen LogP contribution in [0.15, 0.2) is 60.7 Å². The Bertz CT molecular complexity index is 804. The Morgan fingerprint density at radius 1 is 0.857 bits per heavy atom. The van der Waals surface area contributed by atoms with Crippen LogP contribution >= 0.6 is 0 Å². The van der Waals surface area contributed by atoms with Gasteiger partial charge in [0.05, 0.1) is 6.42 Å². The molecule has 21 heavy (non-hydrogen) atoms. The van der Waals surface area contributed by atoms with Crippen LogP contribution in [0.4, 0.5) is 0 Å². The highest BCUT2D eigenvalue weighted by molar-refractivity contribution is 5.99. The zero-order chi connectivity index (χ0) is 14.8. The number of carboxylic acids is 1. The van der Waals surface area contributed by atoms with Gasteiger partial charge in [-0.05, 0) is 39.6 Å². The highest BCUT2D eigenvalue weighted by atomic mass is 16.4. The molecule has 0 atom stereocenters. The maximum absolute atomic E-state index is 11.0. The Morgan fingerprint density at radius 3 is 2.19 bits per heavy atom. The number of benzene rings is 3. The molecule has 0 aliphatic heterocycles. The first-order chi connectivity index (χ1) is 10.1. The molecule has 104 valence electrons. The molecule has 0 bridgehead atoms. The van der Waals surface area contributed by atoms with Crippen molar-refractivity contribution in [1.29, 1.82) is 0 Å². The molecule has 3 nitrogen and oxygen atoms in total. The van der Waals surface area contributed by atoms with Crippen molar-refractivity contribution in [1.82, 2.24) is 0 Å². The van der Waals surface area contributed by atoms with Crippen LogP contribution in [0.3, 0.4) is 0 Å². The first-order valence-electron chi connectivity index (χ1n) is 6.67. The first kappa shape index (κ1) is 13.2. The van der Waals surface area contributed by atoms with Gasteiger partial charge in [-0.2, -0.15) is 0 Å². The van der Waals surface area contributed by atoms with Gasteiger partial charge in [0.1, 0.15) is 5.75 Å². The highest BCUT2D eigenvalue weighted by Crippen LogP contribution is 2.31. The molecule has 0 unspecified atom stereocenters. The Hall–Kier alpha value is -2.81. The fourth-order valence-corrected chi connectivity index (χ4v) is 2.57. The standard InChI is InChI=1S/C18H14O3/c19-14-8-5-12(6-9-14)16-10-7-13(11-18(20)21)15-3-1-2-4-17(15)16/h1-10,19H,11H2,(H,20,21). The van der Waals surface area contributed by atoms with E-state index in [2.05, 4.69) is 0 Å². The second-order valence-electron chi connectivity index (χ2n) is 4.94. The van der Waals surface area contributed by atoms with Crippen LogP contribution in [0, 0.1) is 0 Å². The normalized spacial score (nSPS) is 10.7. The van der Waals surface area contributed by atoms with E-state index in [1.807, 2.05) is 48.5 Å². The lowest BCUT2D eigenvalue weighted by Crippen LogP contribution is -2.01. The maximum Gasteiger partial charge on any atom is 0.307 e. The molecule has 0 saturated carbocycles. The summed E-state index contributed by atoms with van der Waals surface area (Å²) in [7, 11) is 0. The lowest BCUT2D eigenvalue weighted by atomic mass is 9.94. The van der Waals surface area contributed by atoms with E-state index in [-0.39, 0.29) is 12.2 Å². The molecular weight excluding hydrogens is 264 g/mol. The van der Waals surface area contributed by atoms with E-state index < -0.39 is 5.97 Å². The van der Waals surface area contributed by atoms with E-state index in [0.29, 0.717) is 0 Å². The Labute approximate surface area is 122 Å². The van der Waals surface area contributed by atoms with E-state index in [9.17, 15) is 9.90 Å². The third-order valence-electron chi connectivity index (χ3n) is 3.53. The number of rotatable bonds is 3. The van der Waals surface area contributed by atoms with E-state index in [0.717, 1.165) is 27.5 Å². The van der Waals surface area contributed by atoms with Gasteiger partial charge < -0.3 is 10.2 Å². The topological polar surface area (TPSA) is 57.5 Å². The molecule has 0 aliphatic rings. The lowest BCUT2D eigenvalue weighted by molar-refractivity contribution is -0.136. The van der Waals surface area contributed by atoms with Crippen LogP contribution in [-0.4, -0.2) is 16.2 Å². The first-order valence-corrected chi connectivity index (χ1v) is 6.67. The zero-order valence-corrected chi connectivity index (χ0v) is 11.3. The molecule has 3 aromatic rings. The van der Waals surface area contributed by atoms with E-state index >= 15 is 0 Å². The summed E-state index contributed by atoms with van der Waals surface area (Å²) in [5, 5.41) is 20.4. The molecule has 0 saturated heterocycles. The van der Waals surface area contributed by atoms with Crippen molar-refractivity contribution in [3.05, 3.63) is 66.2 Å². The summed E-state index contributed by atoms with van der Waals surface area (Å²) in [6.07, 6.45) is 0.0103. The molecule has 0 aromatic heterocycles. The van der Waals surface area contributed by atoms with Gasteiger partial charge in [-0.25, -0.2) is 0 Å². The van der Waals surface area contributed by atoms with Gasteiger partial charge in [0.15, 0.2) is 0 Å². The Morgan fingerprint density at radius 2 is 1.52 bits per heavy atom. The van der Waals surface area contributed by atoms with Crippen molar-refractivity contribution in [2.75, 3.05) is 0 Å². The second kappa shape index (κ2) is 5.29. The number of aromatic hydroxyl groups is 1. The third-order valence-corrected chi connectivity index (χ3v) is 3.53. The molecule has 0 aliphatic carbocycles. The predicted molar refractivity (Wildman–Crippen MR) is 82.4 cm³/mol. The summed E-state index contributed by atoms with van der Waals surface area (Å²) in [5.74, 6) is -0.608. The summed E-state index contributed by atoms with van der Waals surface area (Å²) in [5.41, 5.74) is 2.83. The minimum atomic E-state index is -0.836. The van der Waals surface area contributed by atoms with Crippen LogP contribution in [0.25, 0.3) is 21.9 Å². The Balaban J connectivity index is 2.21. The minimum absolute atomic E-state index is 0.0103. The third kappa shape index (κ3) is 2.58. The van der Waals surface area contributed by atoms with Gasteiger partial charge in [0.2, 0.25) is 0 Å². The van der Waals surface area contributed by atoms with Crippen LogP contribution in [-0.2, 0) is 11.2 Å². The van der Waals surface area contributed by atoms with Crippen molar-refractivity contribution in [3.8, 4) is 16.9 Å². The summed E-state index contributed by atoms with van der Waals surface area (Å²) in [6.45, 7) is 0. The average molecular weight is 278 g/mol. The highest BCUT2D eigenvalue weighted by Gasteiger charge is 2.09. The van der Waals surface area contributed by atoms with Crippen LogP contribution in [0.5, 0.6) is 5.75 Å². The number of aliphatic carboxylic acids is 1. The SMILES string of the molecule is O=C(O)Cc1ccc(-c2ccc(O)cc2)c2ccccc12. The fraction of sp³-hybridized carbons (Fsp3) is 0.0556. The maximum atomic E-state index is 11.0. The number of fused-ring (bicyclic) bond motifs is 1. The number of carboxylic acid groups (broad SMARTS) is 1. The summed E-state index contributed by atoms with van der Waals surface area (Å²) in [4.78, 5) is 11.0. The zero-order valence-electron chi connectivity index (χ0n) is 11.3. The van der Waals surface area contributed by atoms with Crippen molar-refractivity contribution in [2.45, 2.75) is 6.42 Å². The van der Waals surface area contributed by atoms with Crippen molar-refractivity contribution in [3.63, 3.8) is 0 Å². The van der Waals surface area contributed by atoms with Crippen molar-refractivity contribution in [2.24, 2.45) is 0 Å². The largest absolute Gasteiger partial charge is 0.508 e. The average Bonchev–Trinajstić information content (AvgIpc) is 2.48. The molecule has 0 fully saturated rings. The van der Waals surface area contributed by atoms with E-state index in [1.54, 1.807) is 12.1 Å². The summed E-state index contributed by atoms with van der Waals surface area (Å²) >= 11 is 0. The van der Waals surface area contributed by atoms with E-state index in [1.165, 1.54) is 0 Å². The van der Waals surface area contributed by atoms with Crippen LogP contribution in [0.1, 0.15) is 5.56 Å². The quantitative estimate of drug-likeness (QED) is 0.765. The summed E-state index contributed by atoms with van der Waals surface area (Å²) < 4.78 is 0. The molecular formula is C18H14O3. The number of hydrogen-bond acceptors (Lipinski definition) is 2. The van der Waals surface area contributed by atoms with Gasteiger partial charge >= 0.3 is 5.97 Å². The van der Waals surface area contributed by atoms with Gasteiger partial charge in [0.25, 0.3) is 0 Å². The fourth-order valence-electron chi connectivity index (χ4n) is 2.57. The molecule has 3 rings (SSSR count). The predicted octanol–water partition coefficient (Wildman–Crippen LogP) is 3.84. The number of carbonyl (C=O) groups is 1. The van der Waals surface area contributed by atoms with Crippen LogP contribution in [0.2, 0.25) is 0 Å². The second-order valence-corrected chi connectivity index (χ2v) is 4.94. The van der Waals surface area contributed by atoms with Gasteiger partial charge in [-0.1, -0.05) is 48.5 Å². The monoisotopic (exact) mass is 278 g/mol. The smallest absolute Gasteiger partial charge is 0.307 e. The number of hydrogen-bond donors (Lipinski definition) is 2. The summed E-state index contributed by atoms with van der Waals surface area (Å²) in [6, 6.07) is 18.6. The molecule has 0 heterocycles. The van der Waals surface area contributed by atoms with Crippen molar-refractivity contribution < 1.29 is 15.0 Å². The number of phenols is 1. The van der Waals surface area contributed by atoms with Crippen molar-refractivity contribution >= 4 is 16.7 Å². The Kier molecular flexibility index (Phi) is 3.32. The van der Waals surface area contributed by atoms with E-state index in [4.69, 9.17) is 5.11 Å². The molecule has 3 heteroatoms.